The fraction of sp³-hybridized carbons (Fsp3) is 0.176. The van der Waals surface area contributed by atoms with Crippen molar-refractivity contribution in [1.29, 1.82) is 5.41 Å². The molecule has 1 aromatic heterocycles. The van der Waals surface area contributed by atoms with E-state index in [0.717, 1.165) is 22.2 Å². The van der Waals surface area contributed by atoms with Crippen LogP contribution in [-0.2, 0) is 6.54 Å². The summed E-state index contributed by atoms with van der Waals surface area (Å²) in [6, 6.07) is 12.0. The first-order valence-corrected chi connectivity index (χ1v) is 6.90. The second-order valence-corrected chi connectivity index (χ2v) is 5.37. The van der Waals surface area contributed by atoms with Crippen LogP contribution < -0.4 is 5.73 Å². The third-order valence-electron chi connectivity index (χ3n) is 3.88. The van der Waals surface area contributed by atoms with E-state index in [2.05, 4.69) is 35.5 Å². The van der Waals surface area contributed by atoms with Crippen molar-refractivity contribution in [2.24, 2.45) is 5.73 Å². The number of imidazole rings is 1. The molecular formula is C17H18N4. The van der Waals surface area contributed by atoms with Gasteiger partial charge in [0.2, 0.25) is 0 Å². The Morgan fingerprint density at radius 2 is 1.90 bits per heavy atom. The van der Waals surface area contributed by atoms with Gasteiger partial charge in [-0.05, 0) is 42.7 Å². The number of aryl methyl sites for hydroxylation is 2. The average Bonchev–Trinajstić information content (AvgIpc) is 2.82. The van der Waals surface area contributed by atoms with Gasteiger partial charge in [0.25, 0.3) is 0 Å². The van der Waals surface area contributed by atoms with E-state index >= 15 is 0 Å². The highest BCUT2D eigenvalue weighted by molar-refractivity contribution is 5.96. The molecule has 21 heavy (non-hydrogen) atoms. The molecule has 0 fully saturated rings. The number of nitrogens with one attached hydrogen (secondary N) is 1. The molecule has 0 saturated heterocycles. The van der Waals surface area contributed by atoms with Crippen LogP contribution in [0.1, 0.15) is 22.3 Å². The maximum atomic E-state index is 7.68. The fourth-order valence-electron chi connectivity index (χ4n) is 2.54. The third-order valence-corrected chi connectivity index (χ3v) is 3.88. The minimum atomic E-state index is 0.0991. The van der Waals surface area contributed by atoms with E-state index in [0.29, 0.717) is 6.54 Å². The van der Waals surface area contributed by atoms with Gasteiger partial charge in [-0.25, -0.2) is 4.98 Å². The van der Waals surface area contributed by atoms with Crippen LogP contribution >= 0.6 is 0 Å². The van der Waals surface area contributed by atoms with Crippen molar-refractivity contribution in [2.45, 2.75) is 20.4 Å². The van der Waals surface area contributed by atoms with Gasteiger partial charge in [-0.2, -0.15) is 0 Å². The van der Waals surface area contributed by atoms with Crippen molar-refractivity contribution in [1.82, 2.24) is 9.55 Å². The second kappa shape index (κ2) is 5.05. The molecule has 0 amide bonds. The lowest BCUT2D eigenvalue weighted by atomic mass is 10.1. The summed E-state index contributed by atoms with van der Waals surface area (Å²) in [5.41, 5.74) is 12.1. The van der Waals surface area contributed by atoms with Crippen LogP contribution in [-0.4, -0.2) is 15.4 Å². The van der Waals surface area contributed by atoms with Gasteiger partial charge in [0.05, 0.1) is 17.4 Å². The van der Waals surface area contributed by atoms with Crippen LogP contribution in [0.5, 0.6) is 0 Å². The second-order valence-electron chi connectivity index (χ2n) is 5.37. The molecule has 0 atom stereocenters. The van der Waals surface area contributed by atoms with Gasteiger partial charge in [0.15, 0.2) is 0 Å². The maximum absolute atomic E-state index is 7.68. The van der Waals surface area contributed by atoms with E-state index in [1.165, 1.54) is 11.1 Å². The molecule has 3 rings (SSSR count). The Morgan fingerprint density at radius 3 is 2.67 bits per heavy atom. The Hall–Kier alpha value is -2.62. The van der Waals surface area contributed by atoms with Crippen LogP contribution in [0.15, 0.2) is 42.7 Å². The van der Waals surface area contributed by atoms with E-state index in [1.54, 1.807) is 0 Å². The highest BCUT2D eigenvalue weighted by Crippen LogP contribution is 2.20. The zero-order valence-electron chi connectivity index (χ0n) is 12.2. The number of rotatable bonds is 3. The molecule has 0 aliphatic heterocycles. The number of hydrogen-bond acceptors (Lipinski definition) is 2. The van der Waals surface area contributed by atoms with Crippen LogP contribution in [0.25, 0.3) is 11.0 Å². The third kappa shape index (κ3) is 2.40. The van der Waals surface area contributed by atoms with Gasteiger partial charge in [0.1, 0.15) is 5.84 Å². The average molecular weight is 278 g/mol. The van der Waals surface area contributed by atoms with Crippen LogP contribution in [0.4, 0.5) is 0 Å². The van der Waals surface area contributed by atoms with E-state index in [1.807, 2.05) is 30.6 Å². The zero-order chi connectivity index (χ0) is 15.0. The number of fused-ring (bicyclic) bond motifs is 1. The molecule has 0 unspecified atom stereocenters. The van der Waals surface area contributed by atoms with Crippen molar-refractivity contribution >= 4 is 16.9 Å². The molecule has 2 aromatic carbocycles. The fourth-order valence-corrected chi connectivity index (χ4v) is 2.54. The summed E-state index contributed by atoms with van der Waals surface area (Å²) in [5, 5.41) is 7.68. The largest absolute Gasteiger partial charge is 0.384 e. The van der Waals surface area contributed by atoms with Crippen LogP contribution in [0.3, 0.4) is 0 Å². The van der Waals surface area contributed by atoms with Gasteiger partial charge in [-0.1, -0.05) is 24.3 Å². The van der Waals surface area contributed by atoms with E-state index in [4.69, 9.17) is 11.1 Å². The summed E-state index contributed by atoms with van der Waals surface area (Å²) >= 11 is 0. The van der Waals surface area contributed by atoms with Crippen molar-refractivity contribution in [3.05, 3.63) is 65.0 Å². The lowest BCUT2D eigenvalue weighted by molar-refractivity contribution is 0.822. The van der Waals surface area contributed by atoms with Crippen LogP contribution in [0, 0.1) is 19.3 Å². The zero-order valence-corrected chi connectivity index (χ0v) is 12.2. The number of aromatic nitrogens is 2. The first-order chi connectivity index (χ1) is 10.1. The number of nitrogens with zero attached hydrogens (tertiary/aromatic N) is 2. The normalized spacial score (nSPS) is 11.0. The lowest BCUT2D eigenvalue weighted by Gasteiger charge is -2.10. The Labute approximate surface area is 123 Å². The predicted molar refractivity (Wildman–Crippen MR) is 85.8 cm³/mol. The van der Waals surface area contributed by atoms with Gasteiger partial charge in [-0.15, -0.1) is 0 Å². The van der Waals surface area contributed by atoms with E-state index < -0.39 is 0 Å². The molecule has 106 valence electrons. The summed E-state index contributed by atoms with van der Waals surface area (Å²) in [5.74, 6) is 0.0991. The Morgan fingerprint density at radius 1 is 1.19 bits per heavy atom. The summed E-state index contributed by atoms with van der Waals surface area (Å²) in [6.45, 7) is 4.86. The number of nitrogens with two attached hydrogens (primary N) is 1. The van der Waals surface area contributed by atoms with Crippen molar-refractivity contribution in [2.75, 3.05) is 0 Å². The van der Waals surface area contributed by atoms with Crippen molar-refractivity contribution < 1.29 is 0 Å². The minimum absolute atomic E-state index is 0.0991. The van der Waals surface area contributed by atoms with Gasteiger partial charge in [0, 0.05) is 12.1 Å². The molecule has 4 heteroatoms. The molecule has 3 aromatic rings. The molecule has 0 bridgehead atoms. The Bertz CT molecular complexity index is 830. The van der Waals surface area contributed by atoms with Crippen molar-refractivity contribution in [3.8, 4) is 0 Å². The van der Waals surface area contributed by atoms with E-state index in [9.17, 15) is 0 Å². The number of nitrogen functional groups attached to an aromatic ring is 1. The predicted octanol–water partition coefficient (Wildman–Crippen LogP) is 2.99. The SMILES string of the molecule is Cc1cc2ncn(Cc3ccccc3C(=N)N)c2cc1C. The molecule has 4 nitrogen and oxygen atoms in total. The summed E-state index contributed by atoms with van der Waals surface area (Å²) in [6.07, 6.45) is 1.85. The minimum Gasteiger partial charge on any atom is -0.384 e. The molecule has 1 heterocycles. The highest BCUT2D eigenvalue weighted by Gasteiger charge is 2.09. The number of hydrogen-bond donors (Lipinski definition) is 2. The monoisotopic (exact) mass is 278 g/mol. The summed E-state index contributed by atoms with van der Waals surface area (Å²) in [7, 11) is 0. The number of amidine groups is 1. The Balaban J connectivity index is 2.07. The molecule has 0 aliphatic rings. The van der Waals surface area contributed by atoms with E-state index in [-0.39, 0.29) is 5.84 Å². The molecule has 0 aliphatic carbocycles. The van der Waals surface area contributed by atoms with Crippen LogP contribution in [0.2, 0.25) is 0 Å². The first kappa shape index (κ1) is 13.4. The topological polar surface area (TPSA) is 67.7 Å². The van der Waals surface area contributed by atoms with Gasteiger partial charge >= 0.3 is 0 Å². The number of benzene rings is 2. The van der Waals surface area contributed by atoms with Gasteiger partial charge < -0.3 is 10.3 Å². The first-order valence-electron chi connectivity index (χ1n) is 6.90. The maximum Gasteiger partial charge on any atom is 0.123 e. The summed E-state index contributed by atoms with van der Waals surface area (Å²) in [4.78, 5) is 4.47. The highest BCUT2D eigenvalue weighted by atomic mass is 15.0. The smallest absolute Gasteiger partial charge is 0.123 e. The summed E-state index contributed by atoms with van der Waals surface area (Å²) < 4.78 is 2.10. The molecular weight excluding hydrogens is 260 g/mol. The Kier molecular flexibility index (Phi) is 3.22. The van der Waals surface area contributed by atoms with Gasteiger partial charge in [-0.3, -0.25) is 5.41 Å². The molecule has 0 saturated carbocycles. The quantitative estimate of drug-likeness (QED) is 0.571. The molecule has 0 spiro atoms. The lowest BCUT2D eigenvalue weighted by Crippen LogP contribution is -2.15. The van der Waals surface area contributed by atoms with Crippen molar-refractivity contribution in [3.63, 3.8) is 0 Å². The standard InChI is InChI=1S/C17H18N4/c1-11-7-15-16(8-12(11)2)21(10-20-15)9-13-5-3-4-6-14(13)17(18)19/h3-8,10H,9H2,1-2H3,(H3,18,19). The molecule has 3 N–H and O–H groups in total. The molecule has 0 radical (unpaired) electrons.